The van der Waals surface area contributed by atoms with E-state index in [1.165, 1.54) is 0 Å². The van der Waals surface area contributed by atoms with Gasteiger partial charge in [-0.1, -0.05) is 60.7 Å². The van der Waals surface area contributed by atoms with Crippen LogP contribution in [0.1, 0.15) is 19.3 Å². The number of hydrogen-bond acceptors (Lipinski definition) is 3. The topological polar surface area (TPSA) is 67.4 Å². The van der Waals surface area contributed by atoms with Crippen LogP contribution in [0.2, 0.25) is 0 Å². The molecule has 2 aromatic carbocycles. The lowest BCUT2D eigenvalue weighted by Gasteiger charge is -2.13. The van der Waals surface area contributed by atoms with Crippen molar-refractivity contribution in [1.29, 1.82) is 0 Å². The van der Waals surface area contributed by atoms with Crippen molar-refractivity contribution < 1.29 is 14.3 Å². The number of hydrazine groups is 1. The van der Waals surface area contributed by atoms with Crippen LogP contribution in [0.4, 0.5) is 0 Å². The maximum Gasteiger partial charge on any atom is 0.276 e. The molecule has 1 atom stereocenters. The van der Waals surface area contributed by atoms with E-state index in [1.54, 1.807) is 0 Å². The molecule has 2 amide bonds. The molecule has 3 rings (SSSR count). The predicted molar refractivity (Wildman–Crippen MR) is 100 cm³/mol. The molecule has 26 heavy (non-hydrogen) atoms. The number of carbonyl (C=O) groups excluding carboxylic acids is 2. The first-order valence-corrected chi connectivity index (χ1v) is 8.74. The molecule has 2 N–H and O–H groups in total. The van der Waals surface area contributed by atoms with E-state index in [-0.39, 0.29) is 18.4 Å². The molecule has 1 aliphatic rings. The number of rotatable bonds is 6. The second-order valence-corrected chi connectivity index (χ2v) is 6.22. The van der Waals surface area contributed by atoms with Crippen LogP contribution in [0.15, 0.2) is 66.7 Å². The summed E-state index contributed by atoms with van der Waals surface area (Å²) in [6, 6.07) is 17.4. The third-order valence-electron chi connectivity index (χ3n) is 4.23. The fraction of sp³-hybridized carbons (Fsp3) is 0.238. The number of nitrogens with one attached hydrogen (secondary N) is 2. The van der Waals surface area contributed by atoms with E-state index >= 15 is 0 Å². The summed E-state index contributed by atoms with van der Waals surface area (Å²) >= 11 is 0. The van der Waals surface area contributed by atoms with Crippen molar-refractivity contribution in [2.75, 3.05) is 6.61 Å². The molecule has 0 spiro atoms. The minimum atomic E-state index is -0.400. The Kier molecular flexibility index (Phi) is 6.04. The van der Waals surface area contributed by atoms with E-state index in [2.05, 4.69) is 16.9 Å². The zero-order valence-corrected chi connectivity index (χ0v) is 14.5. The van der Waals surface area contributed by atoms with Gasteiger partial charge in [-0.25, -0.2) is 0 Å². The monoisotopic (exact) mass is 350 g/mol. The first-order valence-electron chi connectivity index (χ1n) is 8.74. The molecule has 2 aromatic rings. The van der Waals surface area contributed by atoms with Gasteiger partial charge in [-0.3, -0.25) is 20.4 Å². The lowest BCUT2D eigenvalue weighted by atomic mass is 10.1. The average molecular weight is 350 g/mol. The molecule has 0 aromatic heterocycles. The Labute approximate surface area is 153 Å². The first kappa shape index (κ1) is 17.7. The number of hydrogen-bond donors (Lipinski definition) is 2. The van der Waals surface area contributed by atoms with Gasteiger partial charge >= 0.3 is 0 Å². The lowest BCUT2D eigenvalue weighted by molar-refractivity contribution is -0.130. The SMILES string of the molecule is O=C(COc1ccccc1-c1ccccc1)NNC(=O)C[C@H]1C=CCC1. The van der Waals surface area contributed by atoms with Crippen molar-refractivity contribution in [3.63, 3.8) is 0 Å². The molecule has 0 unspecified atom stereocenters. The highest BCUT2D eigenvalue weighted by Gasteiger charge is 2.14. The highest BCUT2D eigenvalue weighted by Crippen LogP contribution is 2.29. The predicted octanol–water partition coefficient (Wildman–Crippen LogP) is 3.24. The first-order chi connectivity index (χ1) is 12.7. The number of benzene rings is 2. The lowest BCUT2D eigenvalue weighted by Crippen LogP contribution is -2.44. The summed E-state index contributed by atoms with van der Waals surface area (Å²) < 4.78 is 5.64. The van der Waals surface area contributed by atoms with Crippen LogP contribution in [0.25, 0.3) is 11.1 Å². The molecule has 0 radical (unpaired) electrons. The Morgan fingerprint density at radius 1 is 0.962 bits per heavy atom. The van der Waals surface area contributed by atoms with Gasteiger partial charge in [0.1, 0.15) is 5.75 Å². The molecule has 0 saturated heterocycles. The minimum Gasteiger partial charge on any atom is -0.483 e. The Hall–Kier alpha value is -3.08. The molecule has 1 aliphatic carbocycles. The molecule has 134 valence electrons. The Bertz CT molecular complexity index is 787. The van der Waals surface area contributed by atoms with Crippen LogP contribution in [0, 0.1) is 5.92 Å². The van der Waals surface area contributed by atoms with Crippen LogP contribution in [-0.4, -0.2) is 18.4 Å². The fourth-order valence-electron chi connectivity index (χ4n) is 2.92. The smallest absolute Gasteiger partial charge is 0.276 e. The van der Waals surface area contributed by atoms with Gasteiger partial charge in [0.25, 0.3) is 5.91 Å². The summed E-state index contributed by atoms with van der Waals surface area (Å²) in [5.74, 6) is 0.292. The zero-order valence-electron chi connectivity index (χ0n) is 14.5. The number of amides is 2. The van der Waals surface area contributed by atoms with Crippen molar-refractivity contribution in [3.05, 3.63) is 66.7 Å². The van der Waals surface area contributed by atoms with Gasteiger partial charge in [-0.05, 0) is 30.4 Å². The summed E-state index contributed by atoms with van der Waals surface area (Å²) in [6.45, 7) is -0.173. The van der Waals surface area contributed by atoms with Gasteiger partial charge in [0, 0.05) is 12.0 Å². The number of para-hydroxylation sites is 1. The van der Waals surface area contributed by atoms with E-state index < -0.39 is 5.91 Å². The zero-order chi connectivity index (χ0) is 18.2. The van der Waals surface area contributed by atoms with Gasteiger partial charge in [0.15, 0.2) is 6.61 Å². The molecule has 5 nitrogen and oxygen atoms in total. The van der Waals surface area contributed by atoms with E-state index in [0.717, 1.165) is 24.0 Å². The quantitative estimate of drug-likeness (QED) is 0.621. The third-order valence-corrected chi connectivity index (χ3v) is 4.23. The minimum absolute atomic E-state index is 0.173. The third kappa shape index (κ3) is 4.96. The largest absolute Gasteiger partial charge is 0.483 e. The Morgan fingerprint density at radius 2 is 1.69 bits per heavy atom. The van der Waals surface area contributed by atoms with Gasteiger partial charge in [-0.15, -0.1) is 0 Å². The molecular weight excluding hydrogens is 328 g/mol. The summed E-state index contributed by atoms with van der Waals surface area (Å²) in [6.07, 6.45) is 6.51. The molecule has 0 bridgehead atoms. The summed E-state index contributed by atoms with van der Waals surface area (Å²) in [5.41, 5.74) is 6.77. The van der Waals surface area contributed by atoms with Crippen LogP contribution in [0.3, 0.4) is 0 Å². The van der Waals surface area contributed by atoms with Gasteiger partial charge in [0.2, 0.25) is 5.91 Å². The maximum atomic E-state index is 11.9. The van der Waals surface area contributed by atoms with E-state index in [0.29, 0.717) is 12.2 Å². The Morgan fingerprint density at radius 3 is 2.46 bits per heavy atom. The standard InChI is InChI=1S/C21H22N2O3/c24-20(14-16-8-4-5-9-16)22-23-21(25)15-26-19-13-7-6-12-18(19)17-10-2-1-3-11-17/h1-4,6-8,10-13,16H,5,9,14-15H2,(H,22,24)(H,23,25)/t16-/m0/s1. The maximum absolute atomic E-state index is 11.9. The van der Waals surface area contributed by atoms with Crippen molar-refractivity contribution in [3.8, 4) is 16.9 Å². The van der Waals surface area contributed by atoms with Crippen LogP contribution in [0.5, 0.6) is 5.75 Å². The van der Waals surface area contributed by atoms with E-state index in [1.807, 2.05) is 60.7 Å². The molecule has 0 aliphatic heterocycles. The molecule has 0 saturated carbocycles. The van der Waals surface area contributed by atoms with Crippen molar-refractivity contribution >= 4 is 11.8 Å². The van der Waals surface area contributed by atoms with Crippen molar-refractivity contribution in [1.82, 2.24) is 10.9 Å². The highest BCUT2D eigenvalue weighted by molar-refractivity contribution is 5.83. The van der Waals surface area contributed by atoms with Crippen LogP contribution < -0.4 is 15.6 Å². The second kappa shape index (κ2) is 8.85. The fourth-order valence-corrected chi connectivity index (χ4v) is 2.92. The Balaban J connectivity index is 1.49. The highest BCUT2D eigenvalue weighted by atomic mass is 16.5. The van der Waals surface area contributed by atoms with Gasteiger partial charge in [-0.2, -0.15) is 0 Å². The van der Waals surface area contributed by atoms with Crippen molar-refractivity contribution in [2.24, 2.45) is 5.92 Å². The van der Waals surface area contributed by atoms with Gasteiger partial charge in [0.05, 0.1) is 0 Å². The normalized spacial score (nSPS) is 15.5. The number of allylic oxidation sites excluding steroid dienone is 2. The van der Waals surface area contributed by atoms with E-state index in [4.69, 9.17) is 4.74 Å². The average Bonchev–Trinajstić information content (AvgIpc) is 3.18. The van der Waals surface area contributed by atoms with Crippen LogP contribution >= 0.6 is 0 Å². The van der Waals surface area contributed by atoms with Crippen molar-refractivity contribution in [2.45, 2.75) is 19.3 Å². The molecule has 0 heterocycles. The van der Waals surface area contributed by atoms with Gasteiger partial charge < -0.3 is 4.74 Å². The molecular formula is C21H22N2O3. The summed E-state index contributed by atoms with van der Waals surface area (Å²) in [5, 5.41) is 0. The summed E-state index contributed by atoms with van der Waals surface area (Å²) in [7, 11) is 0. The van der Waals surface area contributed by atoms with Crippen LogP contribution in [-0.2, 0) is 9.59 Å². The summed E-state index contributed by atoms with van der Waals surface area (Å²) in [4.78, 5) is 23.8. The van der Waals surface area contributed by atoms with E-state index in [9.17, 15) is 9.59 Å². The number of ether oxygens (including phenoxy) is 1. The molecule has 5 heteroatoms. The molecule has 0 fully saturated rings. The second-order valence-electron chi connectivity index (χ2n) is 6.22. The number of carbonyl (C=O) groups is 2.